The zero-order chi connectivity index (χ0) is 15.5. The van der Waals surface area contributed by atoms with Crippen molar-refractivity contribution in [3.05, 3.63) is 29.1 Å². The van der Waals surface area contributed by atoms with Crippen molar-refractivity contribution >= 4 is 0 Å². The van der Waals surface area contributed by atoms with E-state index in [1.807, 2.05) is 6.92 Å². The normalized spacial score (nSPS) is 22.6. The van der Waals surface area contributed by atoms with Gasteiger partial charge in [0.15, 0.2) is 11.6 Å². The molecule has 2 heterocycles. The first-order valence-electron chi connectivity index (χ1n) is 8.19. The molecule has 122 valence electrons. The van der Waals surface area contributed by atoms with Crippen molar-refractivity contribution in [2.45, 2.75) is 25.8 Å². The molecule has 2 N–H and O–H groups in total. The van der Waals surface area contributed by atoms with Crippen LogP contribution in [0.15, 0.2) is 12.1 Å². The molecule has 22 heavy (non-hydrogen) atoms. The Morgan fingerprint density at radius 2 is 1.95 bits per heavy atom. The Bertz CT molecular complexity index is 494. The number of rotatable bonds is 3. The predicted molar refractivity (Wildman–Crippen MR) is 83.5 cm³/mol. The largest absolute Gasteiger partial charge is 0.505 e. The average Bonchev–Trinajstić information content (AvgIpc) is 2.57. The molecule has 0 spiro atoms. The maximum atomic E-state index is 13.9. The molecule has 0 radical (unpaired) electrons. The maximum Gasteiger partial charge on any atom is 0.165 e. The van der Waals surface area contributed by atoms with Gasteiger partial charge in [-0.2, -0.15) is 0 Å². The summed E-state index contributed by atoms with van der Waals surface area (Å²) in [5.74, 6) is -0.291. The molecule has 0 aromatic heterocycles. The minimum atomic E-state index is -0.521. The summed E-state index contributed by atoms with van der Waals surface area (Å²) in [5, 5.41) is 13.7. The van der Waals surface area contributed by atoms with E-state index in [9.17, 15) is 9.50 Å². The summed E-state index contributed by atoms with van der Waals surface area (Å²) in [6.45, 7) is 7.20. The molecule has 0 amide bonds. The predicted octanol–water partition coefficient (Wildman–Crippen LogP) is 2.21. The zero-order valence-corrected chi connectivity index (χ0v) is 13.1. The van der Waals surface area contributed by atoms with Gasteiger partial charge in [0.2, 0.25) is 0 Å². The third-order valence-corrected chi connectivity index (χ3v) is 4.94. The number of halogens is 1. The van der Waals surface area contributed by atoms with E-state index in [2.05, 4.69) is 10.2 Å². The van der Waals surface area contributed by atoms with Crippen molar-refractivity contribution in [2.75, 3.05) is 39.4 Å². The second-order valence-electron chi connectivity index (χ2n) is 6.31. The number of nitrogens with one attached hydrogen (secondary N) is 1. The van der Waals surface area contributed by atoms with Crippen LogP contribution in [-0.2, 0) is 4.74 Å². The zero-order valence-electron chi connectivity index (χ0n) is 13.1. The van der Waals surface area contributed by atoms with Crippen LogP contribution in [0.4, 0.5) is 4.39 Å². The number of ether oxygens (including phenoxy) is 1. The van der Waals surface area contributed by atoms with Crippen molar-refractivity contribution < 1.29 is 14.2 Å². The number of phenols is 1. The molecule has 0 unspecified atom stereocenters. The van der Waals surface area contributed by atoms with Gasteiger partial charge in [-0.3, -0.25) is 4.90 Å². The van der Waals surface area contributed by atoms with Gasteiger partial charge in [0.25, 0.3) is 0 Å². The summed E-state index contributed by atoms with van der Waals surface area (Å²) in [6, 6.07) is 3.20. The molecule has 1 aromatic carbocycles. The third kappa shape index (κ3) is 3.12. The third-order valence-electron chi connectivity index (χ3n) is 4.94. The molecular formula is C17H25FN2O2. The van der Waals surface area contributed by atoms with E-state index >= 15 is 0 Å². The summed E-state index contributed by atoms with van der Waals surface area (Å²) in [6.07, 6.45) is 1.92. The van der Waals surface area contributed by atoms with Crippen LogP contribution in [0.25, 0.3) is 0 Å². The molecule has 0 saturated carbocycles. The lowest BCUT2D eigenvalue weighted by Gasteiger charge is -2.41. The van der Waals surface area contributed by atoms with Crippen LogP contribution in [-0.4, -0.2) is 49.4 Å². The summed E-state index contributed by atoms with van der Waals surface area (Å²) >= 11 is 0. The molecule has 2 saturated heterocycles. The molecule has 2 aliphatic rings. The number of piperazine rings is 1. The van der Waals surface area contributed by atoms with Crippen molar-refractivity contribution in [3.8, 4) is 5.75 Å². The smallest absolute Gasteiger partial charge is 0.165 e. The van der Waals surface area contributed by atoms with Gasteiger partial charge in [-0.15, -0.1) is 0 Å². The molecule has 2 aliphatic heterocycles. The topological polar surface area (TPSA) is 44.7 Å². The number of aromatic hydroxyl groups is 1. The molecular weight excluding hydrogens is 283 g/mol. The highest BCUT2D eigenvalue weighted by molar-refractivity contribution is 5.42. The summed E-state index contributed by atoms with van der Waals surface area (Å²) in [4.78, 5) is 2.40. The van der Waals surface area contributed by atoms with Crippen molar-refractivity contribution in [2.24, 2.45) is 5.92 Å². The van der Waals surface area contributed by atoms with E-state index in [-0.39, 0.29) is 11.8 Å². The average molecular weight is 308 g/mol. The van der Waals surface area contributed by atoms with Crippen LogP contribution in [0.3, 0.4) is 0 Å². The SMILES string of the molecule is Cc1ccc(F)c(O)c1[C@H](C1CCOCC1)N1CCNCC1. The first kappa shape index (κ1) is 15.7. The molecule has 4 nitrogen and oxygen atoms in total. The number of phenolic OH excluding ortho intramolecular Hbond substituents is 1. The number of nitrogens with zero attached hydrogens (tertiary/aromatic N) is 1. The number of aryl methyl sites for hydroxylation is 1. The van der Waals surface area contributed by atoms with Crippen molar-refractivity contribution in [1.29, 1.82) is 0 Å². The lowest BCUT2D eigenvalue weighted by molar-refractivity contribution is 0.0203. The van der Waals surface area contributed by atoms with E-state index in [0.29, 0.717) is 5.92 Å². The molecule has 0 bridgehead atoms. The number of hydrogen-bond acceptors (Lipinski definition) is 4. The summed E-state index contributed by atoms with van der Waals surface area (Å²) in [5.41, 5.74) is 1.74. The van der Waals surface area contributed by atoms with E-state index < -0.39 is 5.82 Å². The van der Waals surface area contributed by atoms with Crippen molar-refractivity contribution in [1.82, 2.24) is 10.2 Å². The maximum absolute atomic E-state index is 13.9. The quantitative estimate of drug-likeness (QED) is 0.899. The molecule has 5 heteroatoms. The second-order valence-corrected chi connectivity index (χ2v) is 6.31. The van der Waals surface area contributed by atoms with E-state index in [0.717, 1.165) is 63.4 Å². The molecule has 2 fully saturated rings. The Kier molecular flexibility index (Phi) is 4.96. The molecule has 1 atom stereocenters. The minimum Gasteiger partial charge on any atom is -0.505 e. The summed E-state index contributed by atoms with van der Waals surface area (Å²) in [7, 11) is 0. The van der Waals surface area contributed by atoms with Gasteiger partial charge >= 0.3 is 0 Å². The first-order valence-corrected chi connectivity index (χ1v) is 8.19. The van der Waals surface area contributed by atoms with Gasteiger partial charge in [-0.25, -0.2) is 4.39 Å². The Hall–Kier alpha value is -1.17. The van der Waals surface area contributed by atoms with Crippen LogP contribution in [0, 0.1) is 18.7 Å². The Balaban J connectivity index is 1.98. The molecule has 3 rings (SSSR count). The van der Waals surface area contributed by atoms with Gasteiger partial charge in [-0.1, -0.05) is 6.07 Å². The monoisotopic (exact) mass is 308 g/mol. The van der Waals surface area contributed by atoms with Crippen LogP contribution in [0.1, 0.15) is 30.0 Å². The van der Waals surface area contributed by atoms with E-state index in [4.69, 9.17) is 4.74 Å². The Morgan fingerprint density at radius 3 is 2.64 bits per heavy atom. The highest BCUT2D eigenvalue weighted by atomic mass is 19.1. The fourth-order valence-corrected chi connectivity index (χ4v) is 3.76. The molecule has 1 aromatic rings. The lowest BCUT2D eigenvalue weighted by Crippen LogP contribution is -2.47. The van der Waals surface area contributed by atoms with Crippen LogP contribution >= 0.6 is 0 Å². The second kappa shape index (κ2) is 6.94. The standard InChI is InChI=1S/C17H25FN2O2/c1-12-2-3-14(18)17(21)15(12)16(13-4-10-22-11-5-13)20-8-6-19-7-9-20/h2-3,13,16,19,21H,4-11H2,1H3/t16-/m0/s1. The Morgan fingerprint density at radius 1 is 1.27 bits per heavy atom. The van der Waals surface area contributed by atoms with Gasteiger partial charge in [0.1, 0.15) is 0 Å². The van der Waals surface area contributed by atoms with E-state index in [1.54, 1.807) is 6.07 Å². The fourth-order valence-electron chi connectivity index (χ4n) is 3.76. The fraction of sp³-hybridized carbons (Fsp3) is 0.647. The minimum absolute atomic E-state index is 0.0710. The van der Waals surface area contributed by atoms with Crippen molar-refractivity contribution in [3.63, 3.8) is 0 Å². The Labute approximate surface area is 131 Å². The lowest BCUT2D eigenvalue weighted by atomic mass is 9.83. The van der Waals surface area contributed by atoms with Gasteiger partial charge < -0.3 is 15.2 Å². The van der Waals surface area contributed by atoms with Crippen LogP contribution in [0.2, 0.25) is 0 Å². The van der Waals surface area contributed by atoms with Gasteiger partial charge in [0.05, 0.1) is 0 Å². The highest BCUT2D eigenvalue weighted by Gasteiger charge is 2.34. The van der Waals surface area contributed by atoms with Gasteiger partial charge in [0, 0.05) is 51.0 Å². The van der Waals surface area contributed by atoms with Crippen LogP contribution in [0.5, 0.6) is 5.75 Å². The first-order chi connectivity index (χ1) is 10.7. The molecule has 0 aliphatic carbocycles. The summed E-state index contributed by atoms with van der Waals surface area (Å²) < 4.78 is 19.4. The highest BCUT2D eigenvalue weighted by Crippen LogP contribution is 2.41. The number of benzene rings is 1. The van der Waals surface area contributed by atoms with Gasteiger partial charge in [-0.05, 0) is 37.3 Å². The number of hydrogen-bond donors (Lipinski definition) is 2. The van der Waals surface area contributed by atoms with E-state index in [1.165, 1.54) is 6.07 Å². The van der Waals surface area contributed by atoms with Crippen LogP contribution < -0.4 is 5.32 Å².